The van der Waals surface area contributed by atoms with Crippen LogP contribution in [0.25, 0.3) is 0 Å². The van der Waals surface area contributed by atoms with Crippen LogP contribution in [0.5, 0.6) is 0 Å². The molecule has 0 aliphatic carbocycles. The van der Waals surface area contributed by atoms with E-state index >= 15 is 0 Å². The summed E-state index contributed by atoms with van der Waals surface area (Å²) in [6, 6.07) is 7.76. The first-order chi connectivity index (χ1) is 23.9. The SMILES string of the molecule is CC(C)[C@H](NC(=O)[C@H](C)C[C@H](O)[C@H](Cc1ccccc1)NC(=O)[C@H](C)NC(=O)[C@H](CC(F)F)NC(=O)OC(C)(C)C)C(=O)NCc1ccncc1. The molecule has 1 heterocycles. The molecule has 0 spiro atoms. The number of hydrogen-bond acceptors (Lipinski definition) is 8. The standard InChI is InChI=1S/C36H52F2N6O7/c1-21(2)30(34(49)40-20-25-13-15-39-16-14-25)44-31(46)22(3)17-28(45)26(18-24-11-9-8-10-12-24)42-32(47)23(4)41-33(48)27(19-29(37)38)43-35(50)51-36(5,6)7/h8-16,21-23,26-30,45H,17-20H2,1-7H3,(H,40,49)(H,41,48)(H,42,47)(H,43,50)(H,44,46)/t22-,23+,26+,27+,28+,30+/m1/s1. The third-order valence-electron chi connectivity index (χ3n) is 7.77. The van der Waals surface area contributed by atoms with Gasteiger partial charge in [0.1, 0.15) is 23.7 Å². The smallest absolute Gasteiger partial charge is 0.408 e. The summed E-state index contributed by atoms with van der Waals surface area (Å²) in [4.78, 5) is 68.6. The number of amides is 5. The van der Waals surface area contributed by atoms with Crippen LogP contribution < -0.4 is 26.6 Å². The Balaban J connectivity index is 2.11. The molecule has 2 rings (SSSR count). The van der Waals surface area contributed by atoms with Crippen molar-refractivity contribution >= 4 is 29.7 Å². The fourth-order valence-corrected chi connectivity index (χ4v) is 4.96. The van der Waals surface area contributed by atoms with Gasteiger partial charge in [-0.25, -0.2) is 13.6 Å². The fourth-order valence-electron chi connectivity index (χ4n) is 4.96. The molecule has 6 N–H and O–H groups in total. The lowest BCUT2D eigenvalue weighted by Gasteiger charge is -2.29. The zero-order valence-corrected chi connectivity index (χ0v) is 30.2. The highest BCUT2D eigenvalue weighted by Gasteiger charge is 2.32. The molecule has 0 aliphatic rings. The average molecular weight is 719 g/mol. The summed E-state index contributed by atoms with van der Waals surface area (Å²) in [5.41, 5.74) is 0.663. The van der Waals surface area contributed by atoms with Crippen LogP contribution in [0.4, 0.5) is 13.6 Å². The van der Waals surface area contributed by atoms with Gasteiger partial charge in [-0.1, -0.05) is 51.1 Å². The van der Waals surface area contributed by atoms with Crippen LogP contribution in [0.15, 0.2) is 54.9 Å². The maximum atomic E-state index is 13.3. The zero-order valence-electron chi connectivity index (χ0n) is 30.2. The Morgan fingerprint density at radius 1 is 0.784 bits per heavy atom. The van der Waals surface area contributed by atoms with E-state index in [1.807, 2.05) is 0 Å². The van der Waals surface area contributed by atoms with Crippen molar-refractivity contribution in [2.45, 2.75) is 117 Å². The lowest BCUT2D eigenvalue weighted by molar-refractivity contribution is -0.133. The molecule has 0 saturated heterocycles. The Bertz CT molecular complexity index is 1430. The number of alkyl carbamates (subject to hydrolysis) is 1. The number of aliphatic hydroxyl groups excluding tert-OH is 1. The maximum Gasteiger partial charge on any atom is 0.408 e. The Kier molecular flexibility index (Phi) is 16.9. The quantitative estimate of drug-likeness (QED) is 0.136. The molecular formula is C36H52F2N6O7. The van der Waals surface area contributed by atoms with E-state index in [1.165, 1.54) is 6.92 Å². The molecule has 0 aliphatic heterocycles. The molecule has 2 aromatic rings. The molecule has 0 fully saturated rings. The Hall–Kier alpha value is -4.66. The molecule has 0 unspecified atom stereocenters. The largest absolute Gasteiger partial charge is 0.444 e. The van der Waals surface area contributed by atoms with Gasteiger partial charge in [0.2, 0.25) is 30.1 Å². The lowest BCUT2D eigenvalue weighted by Crippen LogP contribution is -2.56. The van der Waals surface area contributed by atoms with E-state index in [1.54, 1.807) is 96.4 Å². The Morgan fingerprint density at radius 2 is 1.41 bits per heavy atom. The van der Waals surface area contributed by atoms with Gasteiger partial charge >= 0.3 is 6.09 Å². The maximum absolute atomic E-state index is 13.3. The average Bonchev–Trinajstić information content (AvgIpc) is 3.04. The molecule has 0 radical (unpaired) electrons. The van der Waals surface area contributed by atoms with Gasteiger partial charge < -0.3 is 36.4 Å². The zero-order chi connectivity index (χ0) is 38.3. The van der Waals surface area contributed by atoms with Crippen molar-refractivity contribution in [1.82, 2.24) is 31.6 Å². The van der Waals surface area contributed by atoms with Crippen LogP contribution in [0, 0.1) is 11.8 Å². The highest BCUT2D eigenvalue weighted by molar-refractivity contribution is 5.91. The third-order valence-corrected chi connectivity index (χ3v) is 7.77. The number of nitrogens with zero attached hydrogens (tertiary/aromatic N) is 1. The van der Waals surface area contributed by atoms with Gasteiger partial charge in [0.25, 0.3) is 0 Å². The topological polar surface area (TPSA) is 188 Å². The summed E-state index contributed by atoms with van der Waals surface area (Å²) in [7, 11) is 0. The molecule has 282 valence electrons. The molecule has 51 heavy (non-hydrogen) atoms. The van der Waals surface area contributed by atoms with E-state index in [0.717, 1.165) is 11.1 Å². The van der Waals surface area contributed by atoms with E-state index in [9.17, 15) is 37.9 Å². The Labute approximate surface area is 298 Å². The van der Waals surface area contributed by atoms with E-state index < -0.39 is 78.5 Å². The van der Waals surface area contributed by atoms with Crippen LogP contribution in [-0.4, -0.2) is 82.1 Å². The van der Waals surface area contributed by atoms with Crippen molar-refractivity contribution in [3.63, 3.8) is 0 Å². The number of hydrogen-bond donors (Lipinski definition) is 6. The summed E-state index contributed by atoms with van der Waals surface area (Å²) >= 11 is 0. The molecule has 15 heteroatoms. The predicted molar refractivity (Wildman–Crippen MR) is 186 cm³/mol. The summed E-state index contributed by atoms with van der Waals surface area (Å²) < 4.78 is 31.6. The number of carbonyl (C=O) groups excluding carboxylic acids is 5. The van der Waals surface area contributed by atoms with Gasteiger partial charge in [-0.2, -0.15) is 0 Å². The first kappa shape index (κ1) is 42.5. The monoisotopic (exact) mass is 718 g/mol. The van der Waals surface area contributed by atoms with Crippen LogP contribution in [0.3, 0.4) is 0 Å². The van der Waals surface area contributed by atoms with E-state index in [4.69, 9.17) is 4.74 Å². The lowest BCUT2D eigenvalue weighted by atomic mass is 9.92. The first-order valence-corrected chi connectivity index (χ1v) is 16.9. The second kappa shape index (κ2) is 20.3. The Morgan fingerprint density at radius 3 is 1.98 bits per heavy atom. The normalized spacial score (nSPS) is 15.1. The number of pyridine rings is 1. The summed E-state index contributed by atoms with van der Waals surface area (Å²) in [5.74, 6) is -3.64. The number of halogens is 2. The summed E-state index contributed by atoms with van der Waals surface area (Å²) in [6.07, 6.45) is -3.00. The van der Waals surface area contributed by atoms with Crippen molar-refractivity contribution in [3.8, 4) is 0 Å². The van der Waals surface area contributed by atoms with Crippen molar-refractivity contribution in [1.29, 1.82) is 0 Å². The van der Waals surface area contributed by atoms with Gasteiger partial charge in [0.15, 0.2) is 0 Å². The van der Waals surface area contributed by atoms with Gasteiger partial charge in [0, 0.05) is 31.3 Å². The molecule has 0 bridgehead atoms. The van der Waals surface area contributed by atoms with E-state index in [0.29, 0.717) is 0 Å². The summed E-state index contributed by atoms with van der Waals surface area (Å²) in [5, 5.41) is 24.1. The first-order valence-electron chi connectivity index (χ1n) is 16.9. The van der Waals surface area contributed by atoms with Gasteiger partial charge in [-0.15, -0.1) is 0 Å². The molecule has 5 amide bonds. The van der Waals surface area contributed by atoms with Crippen molar-refractivity contribution in [2.75, 3.05) is 0 Å². The molecule has 1 aromatic carbocycles. The van der Waals surface area contributed by atoms with Gasteiger partial charge in [-0.05, 0) is 69.7 Å². The van der Waals surface area contributed by atoms with Crippen LogP contribution in [-0.2, 0) is 36.9 Å². The van der Waals surface area contributed by atoms with Gasteiger partial charge in [-0.3, -0.25) is 24.2 Å². The van der Waals surface area contributed by atoms with E-state index in [-0.39, 0.29) is 31.2 Å². The number of alkyl halides is 2. The van der Waals surface area contributed by atoms with E-state index in [2.05, 4.69) is 31.6 Å². The number of aliphatic hydroxyl groups is 1. The number of rotatable bonds is 18. The predicted octanol–water partition coefficient (Wildman–Crippen LogP) is 3.01. The number of nitrogens with one attached hydrogen (secondary N) is 5. The number of carbonyl (C=O) groups is 5. The van der Waals surface area contributed by atoms with Crippen molar-refractivity contribution < 1.29 is 42.6 Å². The minimum absolute atomic E-state index is 0.0932. The minimum Gasteiger partial charge on any atom is -0.444 e. The highest BCUT2D eigenvalue weighted by atomic mass is 19.3. The minimum atomic E-state index is -2.94. The summed E-state index contributed by atoms with van der Waals surface area (Å²) in [6.45, 7) is 11.5. The molecule has 1 aromatic heterocycles. The van der Waals surface area contributed by atoms with Gasteiger partial charge in [0.05, 0.1) is 12.1 Å². The van der Waals surface area contributed by atoms with Crippen LogP contribution >= 0.6 is 0 Å². The second-order valence-corrected chi connectivity index (χ2v) is 13.9. The second-order valence-electron chi connectivity index (χ2n) is 13.9. The number of benzene rings is 1. The third kappa shape index (κ3) is 15.8. The van der Waals surface area contributed by atoms with Crippen LogP contribution in [0.2, 0.25) is 0 Å². The molecule has 0 saturated carbocycles. The fraction of sp³-hybridized carbons (Fsp3) is 0.556. The molecule has 13 nitrogen and oxygen atoms in total. The molecule has 6 atom stereocenters. The van der Waals surface area contributed by atoms with Crippen LogP contribution in [0.1, 0.15) is 72.4 Å². The molecular weight excluding hydrogens is 666 g/mol. The highest BCUT2D eigenvalue weighted by Crippen LogP contribution is 2.16. The van der Waals surface area contributed by atoms with Crippen molar-refractivity contribution in [3.05, 3.63) is 66.0 Å². The number of ether oxygens (including phenoxy) is 1. The number of aromatic nitrogens is 1. The van der Waals surface area contributed by atoms with Crippen molar-refractivity contribution in [2.24, 2.45) is 11.8 Å².